The first-order valence-corrected chi connectivity index (χ1v) is 7.96. The summed E-state index contributed by atoms with van der Waals surface area (Å²) in [5.41, 5.74) is 6.67. The molecule has 2 rings (SSSR count). The predicted octanol–water partition coefficient (Wildman–Crippen LogP) is 1.38. The Kier molecular flexibility index (Phi) is 4.23. The molecular weight excluding hydrogens is 269 g/mol. The van der Waals surface area contributed by atoms with Crippen molar-refractivity contribution in [3.8, 4) is 0 Å². The van der Waals surface area contributed by atoms with E-state index in [0.717, 1.165) is 0 Å². The maximum atomic E-state index is 13.3. The Balaban J connectivity index is 2.27. The molecule has 19 heavy (non-hydrogen) atoms. The zero-order chi connectivity index (χ0) is 14.0. The lowest BCUT2D eigenvalue weighted by atomic mass is 10.1. The van der Waals surface area contributed by atoms with Gasteiger partial charge < -0.3 is 10.5 Å². The smallest absolute Gasteiger partial charge is 0.159 e. The molecular formula is C13H18FNO3S. The van der Waals surface area contributed by atoms with Gasteiger partial charge in [-0.05, 0) is 36.6 Å². The lowest BCUT2D eigenvalue weighted by molar-refractivity contribution is 0.126. The molecule has 0 aromatic heterocycles. The van der Waals surface area contributed by atoms with Gasteiger partial charge in [0.25, 0.3) is 0 Å². The molecule has 2 N–H and O–H groups in total. The Bertz CT molecular complexity index is 559. The van der Waals surface area contributed by atoms with Crippen LogP contribution < -0.4 is 5.73 Å². The van der Waals surface area contributed by atoms with Crippen molar-refractivity contribution in [2.75, 3.05) is 6.61 Å². The van der Waals surface area contributed by atoms with E-state index in [9.17, 15) is 12.8 Å². The largest absolute Gasteiger partial charge is 0.377 e. The summed E-state index contributed by atoms with van der Waals surface area (Å²) < 4.78 is 43.2. The van der Waals surface area contributed by atoms with Gasteiger partial charge in [-0.15, -0.1) is 0 Å². The summed E-state index contributed by atoms with van der Waals surface area (Å²) in [5.74, 6) is -0.631. The summed E-state index contributed by atoms with van der Waals surface area (Å²) >= 11 is 0. The van der Waals surface area contributed by atoms with Crippen molar-refractivity contribution in [1.29, 1.82) is 0 Å². The van der Waals surface area contributed by atoms with E-state index in [0.29, 0.717) is 24.2 Å². The minimum absolute atomic E-state index is 0.185. The fourth-order valence-electron chi connectivity index (χ4n) is 2.44. The van der Waals surface area contributed by atoms with Crippen LogP contribution in [0.3, 0.4) is 0 Å². The fourth-order valence-corrected chi connectivity index (χ4v) is 4.47. The van der Waals surface area contributed by atoms with Crippen molar-refractivity contribution in [1.82, 2.24) is 0 Å². The Morgan fingerprint density at radius 1 is 1.42 bits per heavy atom. The van der Waals surface area contributed by atoms with E-state index >= 15 is 0 Å². The van der Waals surface area contributed by atoms with Crippen LogP contribution in [0.15, 0.2) is 18.2 Å². The van der Waals surface area contributed by atoms with Gasteiger partial charge in [-0.2, -0.15) is 0 Å². The Morgan fingerprint density at radius 3 is 2.74 bits per heavy atom. The van der Waals surface area contributed by atoms with Crippen LogP contribution in [-0.2, 0) is 26.9 Å². The van der Waals surface area contributed by atoms with E-state index in [1.807, 2.05) is 0 Å². The quantitative estimate of drug-likeness (QED) is 0.908. The van der Waals surface area contributed by atoms with Crippen LogP contribution in [0.5, 0.6) is 0 Å². The maximum absolute atomic E-state index is 13.3. The summed E-state index contributed by atoms with van der Waals surface area (Å²) in [6, 6.07) is 4.08. The molecule has 0 amide bonds. The van der Waals surface area contributed by atoms with Crippen molar-refractivity contribution in [2.45, 2.75) is 37.0 Å². The second-order valence-electron chi connectivity index (χ2n) is 4.83. The van der Waals surface area contributed by atoms with Crippen molar-refractivity contribution >= 4 is 9.84 Å². The van der Waals surface area contributed by atoms with Crippen LogP contribution >= 0.6 is 0 Å². The summed E-state index contributed by atoms with van der Waals surface area (Å²) in [7, 11) is -3.36. The molecule has 4 nitrogen and oxygen atoms in total. The summed E-state index contributed by atoms with van der Waals surface area (Å²) in [6.45, 7) is 2.41. The van der Waals surface area contributed by atoms with Crippen LogP contribution in [0.25, 0.3) is 0 Å². The molecule has 1 saturated heterocycles. The molecule has 1 aromatic rings. The Hall–Kier alpha value is -0.980. The molecule has 2 unspecified atom stereocenters. The van der Waals surface area contributed by atoms with Gasteiger partial charge in [0.1, 0.15) is 5.82 Å². The molecule has 1 aliphatic heterocycles. The number of hydrogen-bond donors (Lipinski definition) is 1. The minimum Gasteiger partial charge on any atom is -0.377 e. The number of halogens is 1. The van der Waals surface area contributed by atoms with Crippen LogP contribution in [0.2, 0.25) is 0 Å². The van der Waals surface area contributed by atoms with Gasteiger partial charge in [0.2, 0.25) is 0 Å². The molecule has 0 saturated carbocycles. The van der Waals surface area contributed by atoms with Gasteiger partial charge in [0.15, 0.2) is 9.84 Å². The van der Waals surface area contributed by atoms with Crippen LogP contribution in [0, 0.1) is 5.82 Å². The molecule has 6 heteroatoms. The van der Waals surface area contributed by atoms with E-state index in [1.165, 1.54) is 18.2 Å². The molecule has 1 aromatic carbocycles. The Labute approximate surface area is 112 Å². The first-order valence-electron chi connectivity index (χ1n) is 6.24. The Morgan fingerprint density at radius 2 is 2.16 bits per heavy atom. The van der Waals surface area contributed by atoms with Crippen molar-refractivity contribution in [2.24, 2.45) is 5.73 Å². The number of sulfone groups is 1. The molecule has 0 spiro atoms. The van der Waals surface area contributed by atoms with Gasteiger partial charge in [-0.1, -0.05) is 6.07 Å². The van der Waals surface area contributed by atoms with E-state index < -0.39 is 20.9 Å². The normalized spacial score (nSPS) is 23.7. The predicted molar refractivity (Wildman–Crippen MR) is 70.7 cm³/mol. The lowest BCUT2D eigenvalue weighted by Gasteiger charge is -2.16. The third-order valence-corrected chi connectivity index (χ3v) is 5.77. The zero-order valence-corrected chi connectivity index (χ0v) is 11.6. The third-order valence-electron chi connectivity index (χ3n) is 3.51. The molecule has 0 radical (unpaired) electrons. The average molecular weight is 287 g/mol. The van der Waals surface area contributed by atoms with Crippen LogP contribution in [-0.4, -0.2) is 26.4 Å². The van der Waals surface area contributed by atoms with Gasteiger partial charge >= 0.3 is 0 Å². The van der Waals surface area contributed by atoms with E-state index in [4.69, 9.17) is 10.5 Å². The van der Waals surface area contributed by atoms with Crippen molar-refractivity contribution in [3.63, 3.8) is 0 Å². The van der Waals surface area contributed by atoms with Gasteiger partial charge in [0, 0.05) is 13.2 Å². The van der Waals surface area contributed by atoms with E-state index in [-0.39, 0.29) is 18.4 Å². The highest BCUT2D eigenvalue weighted by atomic mass is 32.2. The monoisotopic (exact) mass is 287 g/mol. The molecule has 1 fully saturated rings. The zero-order valence-electron chi connectivity index (χ0n) is 10.8. The average Bonchev–Trinajstić information content (AvgIpc) is 2.76. The van der Waals surface area contributed by atoms with E-state index in [1.54, 1.807) is 6.92 Å². The standard InChI is InChI=1S/C13H18FNO3S/c1-9-13(4-5-18-9)19(16,17)8-11-6-12(14)3-2-10(11)7-15/h2-3,6,9,13H,4-5,7-8,15H2,1H3. The molecule has 1 aliphatic rings. The maximum Gasteiger partial charge on any atom is 0.159 e. The van der Waals surface area contributed by atoms with E-state index in [2.05, 4.69) is 0 Å². The van der Waals surface area contributed by atoms with Gasteiger partial charge in [0.05, 0.1) is 17.1 Å². The number of nitrogens with two attached hydrogens (primary N) is 1. The van der Waals surface area contributed by atoms with Crippen LogP contribution in [0.4, 0.5) is 4.39 Å². The minimum atomic E-state index is -3.36. The highest BCUT2D eigenvalue weighted by Gasteiger charge is 2.35. The molecule has 1 heterocycles. The SMILES string of the molecule is CC1OCCC1S(=O)(=O)Cc1cc(F)ccc1CN. The number of hydrogen-bond acceptors (Lipinski definition) is 4. The summed E-state index contributed by atoms with van der Waals surface area (Å²) in [5, 5.41) is -0.513. The topological polar surface area (TPSA) is 69.4 Å². The van der Waals surface area contributed by atoms with Gasteiger partial charge in [-0.3, -0.25) is 0 Å². The second-order valence-corrected chi connectivity index (χ2v) is 7.05. The highest BCUT2D eigenvalue weighted by molar-refractivity contribution is 7.91. The number of ether oxygens (including phenoxy) is 1. The summed E-state index contributed by atoms with van der Waals surface area (Å²) in [4.78, 5) is 0. The highest BCUT2D eigenvalue weighted by Crippen LogP contribution is 2.25. The van der Waals surface area contributed by atoms with Crippen molar-refractivity contribution in [3.05, 3.63) is 35.1 Å². The van der Waals surface area contributed by atoms with Crippen LogP contribution in [0.1, 0.15) is 24.5 Å². The third kappa shape index (κ3) is 3.13. The number of rotatable bonds is 4. The fraction of sp³-hybridized carbons (Fsp3) is 0.538. The number of benzene rings is 1. The molecule has 2 atom stereocenters. The van der Waals surface area contributed by atoms with Gasteiger partial charge in [-0.25, -0.2) is 12.8 Å². The molecule has 106 valence electrons. The molecule has 0 bridgehead atoms. The first-order chi connectivity index (χ1) is 8.94. The summed E-state index contributed by atoms with van der Waals surface area (Å²) in [6.07, 6.45) is 0.191. The lowest BCUT2D eigenvalue weighted by Crippen LogP contribution is -2.29. The second kappa shape index (κ2) is 5.56. The van der Waals surface area contributed by atoms with Crippen molar-refractivity contribution < 1.29 is 17.5 Å². The molecule has 0 aliphatic carbocycles. The first kappa shape index (κ1) is 14.4.